The minimum absolute atomic E-state index is 0.0166. The van der Waals surface area contributed by atoms with Gasteiger partial charge < -0.3 is 10.6 Å². The minimum atomic E-state index is -0.183. The maximum Gasteiger partial charge on any atom is 0.220 e. The van der Waals surface area contributed by atoms with Gasteiger partial charge in [-0.3, -0.25) is 4.79 Å². The van der Waals surface area contributed by atoms with E-state index in [0.29, 0.717) is 18.4 Å². The molecule has 0 rings (SSSR count). The molecule has 0 saturated carbocycles. The van der Waals surface area contributed by atoms with Crippen LogP contribution in [0.5, 0.6) is 0 Å². The summed E-state index contributed by atoms with van der Waals surface area (Å²) in [5.74, 6) is 0.554. The van der Waals surface area contributed by atoms with Crippen molar-refractivity contribution in [3.8, 4) is 0 Å². The van der Waals surface area contributed by atoms with Gasteiger partial charge in [-0.2, -0.15) is 0 Å². The van der Waals surface area contributed by atoms with Crippen molar-refractivity contribution in [1.82, 2.24) is 10.6 Å². The van der Waals surface area contributed by atoms with Gasteiger partial charge in [0.2, 0.25) is 5.91 Å². The van der Waals surface area contributed by atoms with E-state index in [0.717, 1.165) is 6.42 Å². The number of carbonyl (C=O) groups is 1. The predicted octanol–water partition coefficient (Wildman–Crippen LogP) is 3.09. The largest absolute Gasteiger partial charge is 0.351 e. The van der Waals surface area contributed by atoms with E-state index >= 15 is 0 Å². The molecule has 0 heterocycles. The molecular weight excluding hydrogens is 224 g/mol. The van der Waals surface area contributed by atoms with Crippen LogP contribution in [0.25, 0.3) is 0 Å². The van der Waals surface area contributed by atoms with E-state index in [4.69, 9.17) is 0 Å². The van der Waals surface area contributed by atoms with Crippen LogP contribution in [-0.2, 0) is 4.79 Å². The van der Waals surface area contributed by atoms with E-state index in [1.807, 2.05) is 0 Å². The van der Waals surface area contributed by atoms with Gasteiger partial charge in [0.25, 0.3) is 0 Å². The molecule has 2 N–H and O–H groups in total. The predicted molar refractivity (Wildman–Crippen MR) is 78.6 cm³/mol. The summed E-state index contributed by atoms with van der Waals surface area (Å²) >= 11 is 0. The Bertz CT molecular complexity index is 268. The Morgan fingerprint density at radius 1 is 1.00 bits per heavy atom. The first-order valence-corrected chi connectivity index (χ1v) is 7.02. The highest BCUT2D eigenvalue weighted by atomic mass is 16.1. The van der Waals surface area contributed by atoms with E-state index < -0.39 is 0 Å². The van der Waals surface area contributed by atoms with Crippen LogP contribution >= 0.6 is 0 Å². The first kappa shape index (κ1) is 17.4. The Morgan fingerprint density at radius 2 is 1.50 bits per heavy atom. The number of rotatable bonds is 7. The minimum Gasteiger partial charge on any atom is -0.351 e. The molecule has 0 unspecified atom stereocenters. The molecule has 0 bridgehead atoms. The van der Waals surface area contributed by atoms with Gasteiger partial charge >= 0.3 is 0 Å². The van der Waals surface area contributed by atoms with E-state index in [1.54, 1.807) is 0 Å². The molecule has 0 fully saturated rings. The average molecular weight is 256 g/mol. The van der Waals surface area contributed by atoms with Crippen LogP contribution in [0, 0.1) is 5.92 Å². The van der Waals surface area contributed by atoms with Gasteiger partial charge in [-0.15, -0.1) is 0 Å². The lowest BCUT2D eigenvalue weighted by Gasteiger charge is -2.37. The van der Waals surface area contributed by atoms with Crippen LogP contribution in [0.4, 0.5) is 0 Å². The summed E-state index contributed by atoms with van der Waals surface area (Å²) in [7, 11) is 0. The van der Waals surface area contributed by atoms with Crippen molar-refractivity contribution in [3.63, 3.8) is 0 Å². The lowest BCUT2D eigenvalue weighted by atomic mass is 9.86. The molecule has 0 atom stereocenters. The van der Waals surface area contributed by atoms with Crippen LogP contribution in [-0.4, -0.2) is 23.0 Å². The second-order valence-corrected chi connectivity index (χ2v) is 7.39. The number of nitrogens with one attached hydrogen (secondary N) is 2. The molecule has 3 nitrogen and oxygen atoms in total. The van der Waals surface area contributed by atoms with Crippen LogP contribution in [0.1, 0.15) is 68.2 Å². The van der Waals surface area contributed by atoms with E-state index in [1.165, 1.54) is 0 Å². The van der Waals surface area contributed by atoms with E-state index in [9.17, 15) is 4.79 Å². The zero-order valence-electron chi connectivity index (χ0n) is 13.5. The van der Waals surface area contributed by atoms with E-state index in [-0.39, 0.29) is 17.0 Å². The molecule has 0 aromatic carbocycles. The summed E-state index contributed by atoms with van der Waals surface area (Å²) in [6.45, 7) is 17.0. The highest BCUT2D eigenvalue weighted by molar-refractivity contribution is 5.76. The molecular formula is C15H32N2O. The molecule has 0 aliphatic rings. The van der Waals surface area contributed by atoms with Gasteiger partial charge in [0, 0.05) is 23.5 Å². The lowest BCUT2D eigenvalue weighted by Crippen LogP contribution is -2.53. The second kappa shape index (κ2) is 6.55. The Labute approximate surface area is 113 Å². The molecule has 0 aromatic heterocycles. The highest BCUT2D eigenvalue weighted by Crippen LogP contribution is 2.21. The monoisotopic (exact) mass is 256 g/mol. The molecule has 0 aromatic rings. The fourth-order valence-corrected chi connectivity index (χ4v) is 2.78. The normalized spacial score (nSPS) is 13.2. The summed E-state index contributed by atoms with van der Waals surface area (Å²) in [6, 6.07) is 0.446. The third kappa shape index (κ3) is 8.51. The topological polar surface area (TPSA) is 41.1 Å². The zero-order valence-corrected chi connectivity index (χ0v) is 13.5. The standard InChI is InChI=1S/C15H32N2O/c1-11(2)9-13(18)17-15(7,8)10-14(5,6)16-12(3)4/h11-12,16H,9-10H2,1-8H3,(H,17,18). The van der Waals surface area contributed by atoms with Crippen molar-refractivity contribution in [2.45, 2.75) is 85.4 Å². The first-order chi connectivity index (χ1) is 7.93. The number of amides is 1. The molecule has 1 amide bonds. The SMILES string of the molecule is CC(C)CC(=O)NC(C)(C)CC(C)(C)NC(C)C. The summed E-state index contributed by atoms with van der Waals surface area (Å²) in [6.07, 6.45) is 1.50. The van der Waals surface area contributed by atoms with Crippen LogP contribution in [0.3, 0.4) is 0 Å². The highest BCUT2D eigenvalue weighted by Gasteiger charge is 2.30. The summed E-state index contributed by atoms with van der Waals surface area (Å²) < 4.78 is 0. The second-order valence-electron chi connectivity index (χ2n) is 7.39. The average Bonchev–Trinajstić information content (AvgIpc) is 1.92. The summed E-state index contributed by atoms with van der Waals surface area (Å²) in [4.78, 5) is 11.8. The third-order valence-corrected chi connectivity index (χ3v) is 2.63. The smallest absolute Gasteiger partial charge is 0.220 e. The van der Waals surface area contributed by atoms with Gasteiger partial charge in [0.15, 0.2) is 0 Å². The number of hydrogen-bond donors (Lipinski definition) is 2. The maximum atomic E-state index is 11.8. The van der Waals surface area contributed by atoms with Crippen molar-refractivity contribution in [2.75, 3.05) is 0 Å². The molecule has 108 valence electrons. The fourth-order valence-electron chi connectivity index (χ4n) is 2.78. The van der Waals surface area contributed by atoms with Crippen LogP contribution in [0.2, 0.25) is 0 Å². The molecule has 0 aliphatic carbocycles. The van der Waals surface area contributed by atoms with Crippen molar-refractivity contribution in [2.24, 2.45) is 5.92 Å². The Morgan fingerprint density at radius 3 is 1.89 bits per heavy atom. The quantitative estimate of drug-likeness (QED) is 0.735. The summed E-state index contributed by atoms with van der Waals surface area (Å²) in [5, 5.41) is 6.68. The third-order valence-electron chi connectivity index (χ3n) is 2.63. The van der Waals surface area contributed by atoms with Crippen LogP contribution < -0.4 is 10.6 Å². The van der Waals surface area contributed by atoms with Gasteiger partial charge in [0.05, 0.1) is 0 Å². The first-order valence-electron chi connectivity index (χ1n) is 7.02. The number of carbonyl (C=O) groups excluding carboxylic acids is 1. The maximum absolute atomic E-state index is 11.8. The van der Waals surface area contributed by atoms with Crippen molar-refractivity contribution >= 4 is 5.91 Å². The number of hydrogen-bond acceptors (Lipinski definition) is 2. The Balaban J connectivity index is 4.41. The molecule has 0 saturated heterocycles. The Kier molecular flexibility index (Phi) is 6.35. The van der Waals surface area contributed by atoms with Crippen molar-refractivity contribution in [3.05, 3.63) is 0 Å². The molecule has 0 aliphatic heterocycles. The van der Waals surface area contributed by atoms with E-state index in [2.05, 4.69) is 66.0 Å². The molecule has 18 heavy (non-hydrogen) atoms. The van der Waals surface area contributed by atoms with Gasteiger partial charge in [-0.1, -0.05) is 27.7 Å². The molecule has 0 spiro atoms. The summed E-state index contributed by atoms with van der Waals surface area (Å²) in [5.41, 5.74) is -0.167. The fraction of sp³-hybridized carbons (Fsp3) is 0.933. The van der Waals surface area contributed by atoms with Gasteiger partial charge in [-0.25, -0.2) is 0 Å². The molecule has 3 heteroatoms. The van der Waals surface area contributed by atoms with Crippen molar-refractivity contribution in [1.29, 1.82) is 0 Å². The van der Waals surface area contributed by atoms with Gasteiger partial charge in [0.1, 0.15) is 0 Å². The zero-order chi connectivity index (χ0) is 14.6. The van der Waals surface area contributed by atoms with Crippen LogP contribution in [0.15, 0.2) is 0 Å². The molecule has 0 radical (unpaired) electrons. The van der Waals surface area contributed by atoms with Gasteiger partial charge in [-0.05, 0) is 40.0 Å². The lowest BCUT2D eigenvalue weighted by molar-refractivity contribution is -0.123. The Hall–Kier alpha value is -0.570. The van der Waals surface area contributed by atoms with Crippen molar-refractivity contribution < 1.29 is 4.79 Å².